The van der Waals surface area contributed by atoms with Crippen LogP contribution in [0.4, 0.5) is 11.5 Å². The first-order chi connectivity index (χ1) is 15.6. The molecule has 0 radical (unpaired) electrons. The van der Waals surface area contributed by atoms with Gasteiger partial charge in [-0.15, -0.1) is 0 Å². The van der Waals surface area contributed by atoms with E-state index in [0.717, 1.165) is 23.1 Å². The molecule has 10 heteroatoms. The van der Waals surface area contributed by atoms with Crippen LogP contribution < -0.4 is 16.4 Å². The molecule has 0 atom stereocenters. The first-order valence-electron chi connectivity index (χ1n) is 10.3. The van der Waals surface area contributed by atoms with Crippen LogP contribution in [0.25, 0.3) is 11.1 Å². The highest BCUT2D eigenvalue weighted by Crippen LogP contribution is 2.32. The number of amides is 1. The lowest BCUT2D eigenvalue weighted by atomic mass is 10.1. The number of imidazole rings is 1. The van der Waals surface area contributed by atoms with Gasteiger partial charge >= 0.3 is 0 Å². The third-order valence-corrected chi connectivity index (χ3v) is 7.34. The second-order valence-electron chi connectivity index (χ2n) is 8.01. The average Bonchev–Trinajstić information content (AvgIpc) is 3.35. The Bertz CT molecular complexity index is 1070. The van der Waals surface area contributed by atoms with Crippen molar-refractivity contribution < 1.29 is 9.59 Å². The number of aldehydes is 1. The number of aromatic nitrogens is 3. The van der Waals surface area contributed by atoms with E-state index in [-0.39, 0.29) is 10.7 Å². The van der Waals surface area contributed by atoms with Crippen molar-refractivity contribution in [1.29, 1.82) is 0 Å². The Kier molecular flexibility index (Phi) is 9.48. The highest BCUT2D eigenvalue weighted by molar-refractivity contribution is 8.76. The monoisotopic (exact) mass is 488 g/mol. The van der Waals surface area contributed by atoms with Crippen LogP contribution in [0.2, 0.25) is 0 Å². The van der Waals surface area contributed by atoms with Gasteiger partial charge in [-0.3, -0.25) is 9.59 Å². The summed E-state index contributed by atoms with van der Waals surface area (Å²) in [6, 6.07) is 9.45. The van der Waals surface area contributed by atoms with Crippen LogP contribution in [0, 0.1) is 0 Å². The van der Waals surface area contributed by atoms with Gasteiger partial charge in [0.1, 0.15) is 5.82 Å². The van der Waals surface area contributed by atoms with Crippen LogP contribution in [0.15, 0.2) is 42.7 Å². The fourth-order valence-corrected chi connectivity index (χ4v) is 5.07. The summed E-state index contributed by atoms with van der Waals surface area (Å²) in [5.74, 6) is 0.971. The van der Waals surface area contributed by atoms with Crippen molar-refractivity contribution in [3.05, 3.63) is 54.2 Å². The molecule has 0 bridgehead atoms. The molecule has 1 aromatic carbocycles. The summed E-state index contributed by atoms with van der Waals surface area (Å²) in [7, 11) is 8.89. The van der Waals surface area contributed by atoms with Gasteiger partial charge in [-0.1, -0.05) is 33.7 Å². The highest BCUT2D eigenvalue weighted by atomic mass is 33.1. The Balaban J connectivity index is 0.000000237. The molecule has 178 valence electrons. The van der Waals surface area contributed by atoms with Crippen LogP contribution in [0.1, 0.15) is 35.0 Å². The third kappa shape index (κ3) is 7.61. The molecule has 0 fully saturated rings. The molecule has 0 unspecified atom stereocenters. The van der Waals surface area contributed by atoms with Crippen LogP contribution >= 0.6 is 21.6 Å². The van der Waals surface area contributed by atoms with E-state index in [0.29, 0.717) is 23.9 Å². The van der Waals surface area contributed by atoms with Crippen molar-refractivity contribution >= 4 is 45.3 Å². The number of hydrogen-bond donors (Lipinski definition) is 3. The van der Waals surface area contributed by atoms with Crippen LogP contribution in [-0.2, 0) is 14.1 Å². The molecule has 8 nitrogen and oxygen atoms in total. The minimum absolute atomic E-state index is 0.00603. The van der Waals surface area contributed by atoms with E-state index < -0.39 is 0 Å². The Morgan fingerprint density at radius 2 is 1.82 bits per heavy atom. The quantitative estimate of drug-likeness (QED) is 0.249. The summed E-state index contributed by atoms with van der Waals surface area (Å²) in [5, 5.41) is 5.83. The second kappa shape index (κ2) is 11.9. The molecule has 1 amide bonds. The number of rotatable bonds is 8. The van der Waals surface area contributed by atoms with E-state index in [9.17, 15) is 9.59 Å². The van der Waals surface area contributed by atoms with Crippen LogP contribution in [-0.4, -0.2) is 50.9 Å². The number of carbonyl (C=O) groups excluding carboxylic acids is 2. The van der Waals surface area contributed by atoms with E-state index in [1.54, 1.807) is 44.0 Å². The molecule has 0 saturated heterocycles. The maximum Gasteiger partial charge on any atom is 0.287 e. The molecule has 0 aliphatic rings. The normalized spacial score (nSPS) is 10.8. The fourth-order valence-electron chi connectivity index (χ4n) is 2.96. The summed E-state index contributed by atoms with van der Waals surface area (Å²) in [6.07, 6.45) is 6.60. The summed E-state index contributed by atoms with van der Waals surface area (Å²) < 4.78 is 3.53. The Hall–Kier alpha value is -2.85. The summed E-state index contributed by atoms with van der Waals surface area (Å²) >= 11 is 0. The maximum absolute atomic E-state index is 12.0. The Morgan fingerprint density at radius 3 is 2.33 bits per heavy atom. The minimum Gasteiger partial charge on any atom is -0.399 e. The van der Waals surface area contributed by atoms with Gasteiger partial charge in [0.2, 0.25) is 5.82 Å². The molecular weight excluding hydrogens is 456 g/mol. The van der Waals surface area contributed by atoms with Crippen molar-refractivity contribution in [2.45, 2.75) is 18.6 Å². The van der Waals surface area contributed by atoms with Gasteiger partial charge in [-0.25, -0.2) is 4.98 Å². The number of nitrogen functional groups attached to an aromatic ring is 1. The molecule has 2 heterocycles. The maximum atomic E-state index is 12.0. The van der Waals surface area contributed by atoms with Crippen molar-refractivity contribution in [3.63, 3.8) is 0 Å². The zero-order valence-corrected chi connectivity index (χ0v) is 21.5. The van der Waals surface area contributed by atoms with E-state index in [4.69, 9.17) is 5.73 Å². The lowest BCUT2D eigenvalue weighted by molar-refractivity contribution is 0.0937. The zero-order valence-electron chi connectivity index (χ0n) is 19.9. The fraction of sp³-hybridized carbons (Fsp3) is 0.348. The highest BCUT2D eigenvalue weighted by Gasteiger charge is 2.21. The van der Waals surface area contributed by atoms with Crippen molar-refractivity contribution in [1.82, 2.24) is 19.4 Å². The average molecular weight is 489 g/mol. The number of benzene rings is 1. The van der Waals surface area contributed by atoms with E-state index >= 15 is 0 Å². The number of nitrogens with two attached hydrogens (primary N) is 1. The SMILES string of the molecule is CNc1cn(C)c(C(=O)NCC(C)(C)SSC)n1.Cn1cc(-c2ccc(N)cc2)cc1C=O. The smallest absolute Gasteiger partial charge is 0.287 e. The lowest BCUT2D eigenvalue weighted by Crippen LogP contribution is -2.36. The van der Waals surface area contributed by atoms with Crippen molar-refractivity contribution in [2.24, 2.45) is 14.1 Å². The Labute approximate surface area is 203 Å². The topological polar surface area (TPSA) is 107 Å². The van der Waals surface area contributed by atoms with Gasteiger partial charge in [-0.2, -0.15) is 0 Å². The number of hydrogen-bond acceptors (Lipinski definition) is 7. The number of nitrogens with one attached hydrogen (secondary N) is 2. The molecule has 3 aromatic rings. The summed E-state index contributed by atoms with van der Waals surface area (Å²) in [4.78, 5) is 26.9. The lowest BCUT2D eigenvalue weighted by Gasteiger charge is -2.22. The van der Waals surface area contributed by atoms with Crippen molar-refractivity contribution in [3.8, 4) is 11.1 Å². The van der Waals surface area contributed by atoms with Gasteiger partial charge in [0.15, 0.2) is 6.29 Å². The molecule has 0 saturated carbocycles. The van der Waals surface area contributed by atoms with E-state index in [2.05, 4.69) is 29.5 Å². The number of aryl methyl sites for hydroxylation is 2. The van der Waals surface area contributed by atoms with Gasteiger partial charge in [-0.05, 0) is 43.9 Å². The summed E-state index contributed by atoms with van der Waals surface area (Å²) in [5.41, 5.74) is 9.10. The summed E-state index contributed by atoms with van der Waals surface area (Å²) in [6.45, 7) is 4.82. The first kappa shape index (κ1) is 26.4. The Morgan fingerprint density at radius 1 is 1.15 bits per heavy atom. The predicted octanol–water partition coefficient (Wildman–Crippen LogP) is 4.07. The number of nitrogens with zero attached hydrogens (tertiary/aromatic N) is 3. The van der Waals surface area contributed by atoms with Crippen LogP contribution in [0.5, 0.6) is 0 Å². The van der Waals surface area contributed by atoms with E-state index in [1.165, 1.54) is 0 Å². The standard InChI is InChI=1S/C12H12N2O.C11H20N4OS2/c1-14-7-10(6-12(14)8-15)9-2-4-11(13)5-3-9;1-11(2,18-17-5)7-13-10(16)9-14-8(12-3)6-15(9)4/h2-8H,13H2,1H3;6,12H,7H2,1-5H3,(H,13,16). The molecular formula is C23H32N6O2S2. The number of anilines is 2. The van der Waals surface area contributed by atoms with E-state index in [1.807, 2.05) is 56.9 Å². The third-order valence-electron chi connectivity index (χ3n) is 4.73. The molecule has 4 N–H and O–H groups in total. The molecule has 3 rings (SSSR count). The van der Waals surface area contributed by atoms with Crippen LogP contribution in [0.3, 0.4) is 0 Å². The molecule has 0 spiro atoms. The largest absolute Gasteiger partial charge is 0.399 e. The second-order valence-corrected chi connectivity index (χ2v) is 11.1. The van der Waals surface area contributed by atoms with Gasteiger partial charge in [0.05, 0.1) is 5.69 Å². The minimum atomic E-state index is -0.145. The molecule has 0 aliphatic carbocycles. The molecule has 33 heavy (non-hydrogen) atoms. The van der Waals surface area contributed by atoms with Gasteiger partial charge in [0, 0.05) is 56.1 Å². The van der Waals surface area contributed by atoms with Gasteiger partial charge < -0.3 is 25.5 Å². The molecule has 0 aliphatic heterocycles. The van der Waals surface area contributed by atoms with Crippen molar-refractivity contribution in [2.75, 3.05) is 30.9 Å². The molecule has 2 aromatic heterocycles. The predicted molar refractivity (Wildman–Crippen MR) is 141 cm³/mol. The van der Waals surface area contributed by atoms with Gasteiger partial charge in [0.25, 0.3) is 5.91 Å². The first-order valence-corrected chi connectivity index (χ1v) is 12.8. The number of carbonyl (C=O) groups is 2. The zero-order chi connectivity index (χ0) is 24.6.